The minimum absolute atomic E-state index is 0.0527. The Morgan fingerprint density at radius 1 is 0.944 bits per heavy atom. The summed E-state index contributed by atoms with van der Waals surface area (Å²) < 4.78 is 7.11. The molecule has 4 rings (SSSR count). The maximum atomic E-state index is 13.7. The number of rotatable bonds is 8. The molecule has 1 amide bonds. The first-order chi connectivity index (χ1) is 17.1. The van der Waals surface area contributed by atoms with Crippen LogP contribution in [0.25, 0.3) is 16.5 Å². The average Bonchev–Trinajstić information content (AvgIpc) is 3.20. The zero-order valence-electron chi connectivity index (χ0n) is 23.0. The molecule has 0 bridgehead atoms. The molecule has 0 unspecified atom stereocenters. The van der Waals surface area contributed by atoms with Crippen LogP contribution in [0.2, 0.25) is 16.6 Å². The predicted octanol–water partition coefficient (Wildman–Crippen LogP) is 7.72. The smallest absolute Gasteiger partial charge is 0.247 e. The first-order valence-corrected chi connectivity index (χ1v) is 15.6. The standard InChI is InChI=1S/C31H42N2O2Si/c1-21(2)36(22(3)4,23(5)6)35-20-26-18-28-27-15-11-12-16-29(27)32-31(28)24(7)17-30(34)33(26)19-25-13-9-8-10-14-25/h8-17,21-23,26,32H,18-20H2,1-7H3/b24-17-/t26-/m0/s1. The van der Waals surface area contributed by atoms with Gasteiger partial charge in [0, 0.05) is 29.2 Å². The minimum Gasteiger partial charge on any atom is -0.414 e. The summed E-state index contributed by atoms with van der Waals surface area (Å²) in [5, 5.41) is 1.24. The van der Waals surface area contributed by atoms with Gasteiger partial charge in [0.25, 0.3) is 0 Å². The third-order valence-corrected chi connectivity index (χ3v) is 14.2. The van der Waals surface area contributed by atoms with Gasteiger partial charge in [0.2, 0.25) is 5.91 Å². The number of amides is 1. The summed E-state index contributed by atoms with van der Waals surface area (Å²) in [6, 6.07) is 18.7. The van der Waals surface area contributed by atoms with Crippen molar-refractivity contribution in [1.29, 1.82) is 0 Å². The summed E-state index contributed by atoms with van der Waals surface area (Å²) >= 11 is 0. The Bertz CT molecular complexity index is 1200. The molecule has 36 heavy (non-hydrogen) atoms. The van der Waals surface area contributed by atoms with Gasteiger partial charge in [-0.05, 0) is 52.7 Å². The Balaban J connectivity index is 1.78. The quantitative estimate of drug-likeness (QED) is 0.321. The Morgan fingerprint density at radius 2 is 1.56 bits per heavy atom. The number of H-pyrrole nitrogens is 1. The summed E-state index contributed by atoms with van der Waals surface area (Å²) in [4.78, 5) is 19.4. The van der Waals surface area contributed by atoms with Crippen LogP contribution in [0.15, 0.2) is 60.7 Å². The summed E-state index contributed by atoms with van der Waals surface area (Å²) in [6.07, 6.45) is 2.57. The van der Waals surface area contributed by atoms with E-state index in [1.807, 2.05) is 30.0 Å². The zero-order valence-corrected chi connectivity index (χ0v) is 24.0. The van der Waals surface area contributed by atoms with E-state index in [-0.39, 0.29) is 11.9 Å². The molecule has 192 valence electrons. The molecule has 0 saturated heterocycles. The van der Waals surface area contributed by atoms with Gasteiger partial charge in [-0.1, -0.05) is 90.1 Å². The number of para-hydroxylation sites is 1. The molecule has 1 atom stereocenters. The van der Waals surface area contributed by atoms with Crippen molar-refractivity contribution >= 4 is 30.7 Å². The van der Waals surface area contributed by atoms with Gasteiger partial charge in [0.1, 0.15) is 0 Å². The summed E-state index contributed by atoms with van der Waals surface area (Å²) in [6.45, 7) is 17.1. The van der Waals surface area contributed by atoms with Crippen molar-refractivity contribution in [2.24, 2.45) is 0 Å². The minimum atomic E-state index is -2.09. The number of hydrogen-bond acceptors (Lipinski definition) is 2. The van der Waals surface area contributed by atoms with Gasteiger partial charge in [-0.3, -0.25) is 4.79 Å². The third-order valence-electron chi connectivity index (χ3n) is 8.14. The fraction of sp³-hybridized carbons (Fsp3) is 0.452. The van der Waals surface area contributed by atoms with E-state index in [9.17, 15) is 4.79 Å². The van der Waals surface area contributed by atoms with Crippen molar-refractivity contribution in [2.45, 2.75) is 84.1 Å². The van der Waals surface area contributed by atoms with Crippen LogP contribution in [0.1, 0.15) is 65.3 Å². The maximum absolute atomic E-state index is 13.7. The monoisotopic (exact) mass is 502 g/mol. The highest BCUT2D eigenvalue weighted by Crippen LogP contribution is 2.43. The van der Waals surface area contributed by atoms with Crippen LogP contribution in [0.5, 0.6) is 0 Å². The molecular formula is C31H42N2O2Si. The normalized spacial score (nSPS) is 18.5. The molecule has 5 heteroatoms. The van der Waals surface area contributed by atoms with Crippen LogP contribution < -0.4 is 0 Å². The molecule has 2 aromatic carbocycles. The second kappa shape index (κ2) is 10.8. The molecule has 0 fully saturated rings. The Kier molecular flexibility index (Phi) is 7.91. The first-order valence-electron chi connectivity index (χ1n) is 13.4. The van der Waals surface area contributed by atoms with Crippen molar-refractivity contribution in [2.75, 3.05) is 6.61 Å². The van der Waals surface area contributed by atoms with Gasteiger partial charge in [-0.15, -0.1) is 0 Å². The number of allylic oxidation sites excluding steroid dienone is 1. The lowest BCUT2D eigenvalue weighted by Gasteiger charge is -2.44. The maximum Gasteiger partial charge on any atom is 0.247 e. The largest absolute Gasteiger partial charge is 0.414 e. The molecule has 0 aliphatic carbocycles. The Labute approximate surface area is 217 Å². The summed E-state index contributed by atoms with van der Waals surface area (Å²) in [5.74, 6) is 0.0557. The van der Waals surface area contributed by atoms with Crippen molar-refractivity contribution in [3.05, 3.63) is 77.5 Å². The number of nitrogens with one attached hydrogen (secondary N) is 1. The van der Waals surface area contributed by atoms with Crippen molar-refractivity contribution < 1.29 is 9.22 Å². The molecule has 0 radical (unpaired) electrons. The number of aromatic nitrogens is 1. The average molecular weight is 503 g/mol. The van der Waals surface area contributed by atoms with E-state index >= 15 is 0 Å². The molecule has 0 saturated carbocycles. The highest BCUT2D eigenvalue weighted by molar-refractivity contribution is 6.77. The van der Waals surface area contributed by atoms with E-state index in [0.717, 1.165) is 28.8 Å². The molecule has 1 N–H and O–H groups in total. The second-order valence-corrected chi connectivity index (χ2v) is 16.7. The van der Waals surface area contributed by atoms with Crippen molar-refractivity contribution in [1.82, 2.24) is 9.88 Å². The molecule has 1 aliphatic rings. The van der Waals surface area contributed by atoms with E-state index in [4.69, 9.17) is 4.43 Å². The van der Waals surface area contributed by atoms with Gasteiger partial charge in [0.05, 0.1) is 12.6 Å². The third kappa shape index (κ3) is 4.96. The number of carbonyl (C=O) groups is 1. The fourth-order valence-corrected chi connectivity index (χ4v) is 12.0. The second-order valence-electron chi connectivity index (χ2n) is 11.3. The van der Waals surface area contributed by atoms with E-state index < -0.39 is 8.32 Å². The lowest BCUT2D eigenvalue weighted by Crippen LogP contribution is -2.52. The predicted molar refractivity (Wildman–Crippen MR) is 153 cm³/mol. The SMILES string of the molecule is C/C1=C/C(=O)N(Cc2ccccc2)[C@H](CO[Si](C(C)C)(C(C)C)C(C)C)Cc2c1[nH]c1ccccc21. The van der Waals surface area contributed by atoms with Crippen molar-refractivity contribution in [3.63, 3.8) is 0 Å². The van der Waals surface area contributed by atoms with Crippen LogP contribution in [0.4, 0.5) is 0 Å². The van der Waals surface area contributed by atoms with Gasteiger partial charge in [-0.25, -0.2) is 0 Å². The van der Waals surface area contributed by atoms with E-state index in [0.29, 0.717) is 29.8 Å². The number of carbonyl (C=O) groups excluding carboxylic acids is 1. The van der Waals surface area contributed by atoms with Crippen LogP contribution >= 0.6 is 0 Å². The number of nitrogens with zero attached hydrogens (tertiary/aromatic N) is 1. The van der Waals surface area contributed by atoms with E-state index in [1.165, 1.54) is 10.9 Å². The van der Waals surface area contributed by atoms with Crippen LogP contribution in [-0.4, -0.2) is 36.8 Å². The zero-order chi connectivity index (χ0) is 26.0. The van der Waals surface area contributed by atoms with Crippen LogP contribution in [-0.2, 0) is 22.2 Å². The number of benzene rings is 2. The number of aromatic amines is 1. The molecule has 3 aromatic rings. The van der Waals surface area contributed by atoms with Gasteiger partial charge in [0.15, 0.2) is 8.32 Å². The van der Waals surface area contributed by atoms with E-state index in [1.54, 1.807) is 6.08 Å². The highest BCUT2D eigenvalue weighted by atomic mass is 28.4. The summed E-state index contributed by atoms with van der Waals surface area (Å²) in [5.41, 5.74) is 7.09. The van der Waals surface area contributed by atoms with Crippen LogP contribution in [0, 0.1) is 0 Å². The fourth-order valence-electron chi connectivity index (χ4n) is 6.49. The van der Waals surface area contributed by atoms with Gasteiger partial charge < -0.3 is 14.3 Å². The summed E-state index contributed by atoms with van der Waals surface area (Å²) in [7, 11) is -2.09. The molecular weight excluding hydrogens is 460 g/mol. The molecule has 1 aliphatic heterocycles. The lowest BCUT2D eigenvalue weighted by atomic mass is 9.96. The Morgan fingerprint density at radius 3 is 2.19 bits per heavy atom. The molecule has 2 heterocycles. The van der Waals surface area contributed by atoms with Gasteiger partial charge in [-0.2, -0.15) is 0 Å². The molecule has 4 nitrogen and oxygen atoms in total. The van der Waals surface area contributed by atoms with Crippen LogP contribution in [0.3, 0.4) is 0 Å². The molecule has 1 aromatic heterocycles. The van der Waals surface area contributed by atoms with Crippen molar-refractivity contribution in [3.8, 4) is 0 Å². The van der Waals surface area contributed by atoms with E-state index in [2.05, 4.69) is 82.9 Å². The topological polar surface area (TPSA) is 45.3 Å². The lowest BCUT2D eigenvalue weighted by molar-refractivity contribution is -0.129. The molecule has 0 spiro atoms. The van der Waals surface area contributed by atoms with Gasteiger partial charge >= 0.3 is 0 Å². The number of hydrogen-bond donors (Lipinski definition) is 1. The first kappa shape index (κ1) is 26.4. The number of fused-ring (bicyclic) bond motifs is 3. The Hall–Kier alpha value is -2.63. The highest BCUT2D eigenvalue weighted by Gasteiger charge is 2.46.